The number of rotatable bonds is 10. The molecule has 0 spiro atoms. The predicted octanol–water partition coefficient (Wildman–Crippen LogP) is 4.46. The van der Waals surface area contributed by atoms with Crippen molar-refractivity contribution in [2.45, 2.75) is 19.9 Å². The van der Waals surface area contributed by atoms with Gasteiger partial charge in [0.2, 0.25) is 5.91 Å². The molecule has 0 fully saturated rings. The first kappa shape index (κ1) is 21.9. The molecular weight excluding hydrogens is 390 g/mol. The smallest absolute Gasteiger partial charge is 0.251 e. The molecule has 0 aliphatic carbocycles. The summed E-state index contributed by atoms with van der Waals surface area (Å²) in [6.45, 7) is 3.34. The van der Waals surface area contributed by atoms with Crippen molar-refractivity contribution in [3.05, 3.63) is 90.0 Å². The first-order valence-corrected chi connectivity index (χ1v) is 10.3. The Morgan fingerprint density at radius 1 is 0.839 bits per heavy atom. The van der Waals surface area contributed by atoms with Crippen LogP contribution in [0.25, 0.3) is 0 Å². The number of carbonyl (C=O) groups is 2. The highest BCUT2D eigenvalue weighted by molar-refractivity contribution is 5.96. The number of benzene rings is 3. The molecule has 0 aliphatic heterocycles. The van der Waals surface area contributed by atoms with Gasteiger partial charge in [0.15, 0.2) is 0 Å². The molecule has 3 rings (SSSR count). The third-order valence-electron chi connectivity index (χ3n) is 4.51. The van der Waals surface area contributed by atoms with Crippen molar-refractivity contribution >= 4 is 23.2 Å². The summed E-state index contributed by atoms with van der Waals surface area (Å²) in [7, 11) is 0. The third kappa shape index (κ3) is 7.19. The normalized spacial score (nSPS) is 10.2. The Bertz CT molecular complexity index is 971. The fraction of sp³-hybridized carbons (Fsp3) is 0.200. The van der Waals surface area contributed by atoms with Gasteiger partial charge in [-0.05, 0) is 60.5 Å². The molecule has 3 aromatic carbocycles. The molecule has 3 N–H and O–H groups in total. The molecule has 0 atom stereocenters. The fourth-order valence-corrected chi connectivity index (χ4v) is 2.86. The van der Waals surface area contributed by atoms with Crippen molar-refractivity contribution in [1.29, 1.82) is 0 Å². The van der Waals surface area contributed by atoms with Crippen LogP contribution in [-0.2, 0) is 11.3 Å². The maximum Gasteiger partial charge on any atom is 0.251 e. The molecule has 2 amide bonds. The van der Waals surface area contributed by atoms with E-state index in [4.69, 9.17) is 4.74 Å². The minimum atomic E-state index is -0.174. The highest BCUT2D eigenvalue weighted by Gasteiger charge is 2.07. The van der Waals surface area contributed by atoms with Crippen molar-refractivity contribution < 1.29 is 14.3 Å². The van der Waals surface area contributed by atoms with E-state index in [0.717, 1.165) is 23.4 Å². The second-order valence-corrected chi connectivity index (χ2v) is 7.02. The average molecular weight is 418 g/mol. The van der Waals surface area contributed by atoms with Gasteiger partial charge in [-0.1, -0.05) is 37.3 Å². The second kappa shape index (κ2) is 11.4. The summed E-state index contributed by atoms with van der Waals surface area (Å²) in [5.41, 5.74) is 3.05. The standard InChI is InChI=1S/C25H27N3O3/c1-2-16-31-23-14-12-21(13-15-23)26-18-24(29)28-22-10-8-20(9-11-22)25(30)27-17-19-6-4-3-5-7-19/h3-15,26H,2,16-18H2,1H3,(H,27,30)(H,28,29). The predicted molar refractivity (Wildman–Crippen MR) is 123 cm³/mol. The fourth-order valence-electron chi connectivity index (χ4n) is 2.86. The van der Waals surface area contributed by atoms with Crippen LogP contribution in [0.3, 0.4) is 0 Å². The van der Waals surface area contributed by atoms with Gasteiger partial charge in [-0.25, -0.2) is 0 Å². The number of nitrogens with one attached hydrogen (secondary N) is 3. The summed E-state index contributed by atoms with van der Waals surface area (Å²) in [4.78, 5) is 24.5. The van der Waals surface area contributed by atoms with Gasteiger partial charge in [0.25, 0.3) is 5.91 Å². The van der Waals surface area contributed by atoms with Crippen LogP contribution in [0.2, 0.25) is 0 Å². The minimum Gasteiger partial charge on any atom is -0.494 e. The minimum absolute atomic E-state index is 0.133. The van der Waals surface area contributed by atoms with Crippen LogP contribution in [0.5, 0.6) is 5.75 Å². The second-order valence-electron chi connectivity index (χ2n) is 7.02. The van der Waals surface area contributed by atoms with Gasteiger partial charge < -0.3 is 20.7 Å². The van der Waals surface area contributed by atoms with E-state index in [0.29, 0.717) is 24.4 Å². The van der Waals surface area contributed by atoms with Crippen molar-refractivity contribution in [2.24, 2.45) is 0 Å². The van der Waals surface area contributed by atoms with Crippen molar-refractivity contribution in [2.75, 3.05) is 23.8 Å². The molecule has 0 aromatic heterocycles. The van der Waals surface area contributed by atoms with Crippen LogP contribution in [0, 0.1) is 0 Å². The van der Waals surface area contributed by atoms with Gasteiger partial charge in [0.1, 0.15) is 5.75 Å². The topological polar surface area (TPSA) is 79.5 Å². The summed E-state index contributed by atoms with van der Waals surface area (Å²) in [5, 5.41) is 8.78. The van der Waals surface area contributed by atoms with Crippen LogP contribution in [-0.4, -0.2) is 25.0 Å². The van der Waals surface area contributed by atoms with E-state index >= 15 is 0 Å². The van der Waals surface area contributed by atoms with Crippen LogP contribution in [0.4, 0.5) is 11.4 Å². The lowest BCUT2D eigenvalue weighted by molar-refractivity contribution is -0.114. The Kier molecular flexibility index (Phi) is 8.05. The zero-order valence-electron chi connectivity index (χ0n) is 17.6. The SMILES string of the molecule is CCCOc1ccc(NCC(=O)Nc2ccc(C(=O)NCc3ccccc3)cc2)cc1. The molecule has 0 radical (unpaired) electrons. The Labute approximate surface area is 182 Å². The van der Waals surface area contributed by atoms with E-state index in [-0.39, 0.29) is 18.4 Å². The first-order chi connectivity index (χ1) is 15.1. The third-order valence-corrected chi connectivity index (χ3v) is 4.51. The molecule has 3 aromatic rings. The van der Waals surface area contributed by atoms with E-state index < -0.39 is 0 Å². The van der Waals surface area contributed by atoms with Crippen LogP contribution in [0.1, 0.15) is 29.3 Å². The molecule has 0 heterocycles. The monoisotopic (exact) mass is 417 g/mol. The van der Waals surface area contributed by atoms with Crippen molar-refractivity contribution in [3.8, 4) is 5.75 Å². The quantitative estimate of drug-likeness (QED) is 0.455. The first-order valence-electron chi connectivity index (χ1n) is 10.3. The average Bonchev–Trinajstić information content (AvgIpc) is 2.81. The number of anilines is 2. The molecule has 6 nitrogen and oxygen atoms in total. The number of ether oxygens (including phenoxy) is 1. The lowest BCUT2D eigenvalue weighted by Gasteiger charge is -2.10. The van der Waals surface area contributed by atoms with Gasteiger partial charge >= 0.3 is 0 Å². The van der Waals surface area contributed by atoms with Crippen LogP contribution >= 0.6 is 0 Å². The van der Waals surface area contributed by atoms with E-state index in [1.165, 1.54) is 0 Å². The highest BCUT2D eigenvalue weighted by Crippen LogP contribution is 2.16. The summed E-state index contributed by atoms with van der Waals surface area (Å²) in [5.74, 6) is 0.479. The number of hydrogen-bond donors (Lipinski definition) is 3. The van der Waals surface area contributed by atoms with E-state index in [9.17, 15) is 9.59 Å². The largest absolute Gasteiger partial charge is 0.494 e. The lowest BCUT2D eigenvalue weighted by Crippen LogP contribution is -2.23. The van der Waals surface area contributed by atoms with Gasteiger partial charge in [0, 0.05) is 23.5 Å². The number of hydrogen-bond acceptors (Lipinski definition) is 4. The highest BCUT2D eigenvalue weighted by atomic mass is 16.5. The van der Waals surface area contributed by atoms with Crippen molar-refractivity contribution in [1.82, 2.24) is 5.32 Å². The molecule has 0 aliphatic rings. The molecule has 0 saturated carbocycles. The van der Waals surface area contributed by atoms with Crippen molar-refractivity contribution in [3.63, 3.8) is 0 Å². The van der Waals surface area contributed by atoms with Crippen LogP contribution < -0.4 is 20.7 Å². The lowest BCUT2D eigenvalue weighted by atomic mass is 10.1. The summed E-state index contributed by atoms with van der Waals surface area (Å²) < 4.78 is 5.54. The Morgan fingerprint density at radius 2 is 1.52 bits per heavy atom. The zero-order chi connectivity index (χ0) is 21.9. The molecule has 160 valence electrons. The van der Waals surface area contributed by atoms with E-state index in [2.05, 4.69) is 22.9 Å². The zero-order valence-corrected chi connectivity index (χ0v) is 17.6. The number of carbonyl (C=O) groups excluding carboxylic acids is 2. The molecule has 0 saturated heterocycles. The van der Waals surface area contributed by atoms with E-state index in [1.807, 2.05) is 54.6 Å². The summed E-state index contributed by atoms with van der Waals surface area (Å²) >= 11 is 0. The maximum absolute atomic E-state index is 12.3. The van der Waals surface area contributed by atoms with Gasteiger partial charge in [-0.15, -0.1) is 0 Å². The molecule has 0 unspecified atom stereocenters. The molecule has 31 heavy (non-hydrogen) atoms. The molecular formula is C25H27N3O3. The summed E-state index contributed by atoms with van der Waals surface area (Å²) in [6.07, 6.45) is 0.958. The Hall–Kier alpha value is -3.80. The van der Waals surface area contributed by atoms with Gasteiger partial charge in [0.05, 0.1) is 13.2 Å². The van der Waals surface area contributed by atoms with Crippen LogP contribution in [0.15, 0.2) is 78.9 Å². The van der Waals surface area contributed by atoms with Gasteiger partial charge in [-0.2, -0.15) is 0 Å². The summed E-state index contributed by atoms with van der Waals surface area (Å²) in [6, 6.07) is 24.0. The Morgan fingerprint density at radius 3 is 2.19 bits per heavy atom. The molecule has 6 heteroatoms. The molecule has 0 bridgehead atoms. The van der Waals surface area contributed by atoms with Gasteiger partial charge in [-0.3, -0.25) is 9.59 Å². The van der Waals surface area contributed by atoms with E-state index in [1.54, 1.807) is 24.3 Å². The Balaban J connectivity index is 1.43. The number of amides is 2. The maximum atomic E-state index is 12.3.